The van der Waals surface area contributed by atoms with Crippen LogP contribution >= 0.6 is 0 Å². The summed E-state index contributed by atoms with van der Waals surface area (Å²) in [4.78, 5) is 7.07. The van der Waals surface area contributed by atoms with Gasteiger partial charge in [-0.05, 0) is 25.5 Å². The van der Waals surface area contributed by atoms with Crippen molar-refractivity contribution in [1.82, 2.24) is 19.7 Å². The minimum atomic E-state index is 0.0255. The van der Waals surface area contributed by atoms with Gasteiger partial charge in [-0.3, -0.25) is 9.58 Å². The van der Waals surface area contributed by atoms with Crippen LogP contribution in [0, 0.1) is 6.92 Å². The number of hydrogen-bond acceptors (Lipinski definition) is 5. The van der Waals surface area contributed by atoms with Gasteiger partial charge in [0.15, 0.2) is 0 Å². The number of ether oxygens (including phenoxy) is 1. The molecule has 0 radical (unpaired) electrons. The lowest BCUT2D eigenvalue weighted by atomic mass is 10.1. The largest absolute Gasteiger partial charge is 0.373 e. The summed E-state index contributed by atoms with van der Waals surface area (Å²) in [5.74, 6) is 0.881. The maximum absolute atomic E-state index is 5.97. The molecule has 0 saturated carbocycles. The normalized spacial score (nSPS) is 18.4. The molecule has 0 spiro atoms. The van der Waals surface area contributed by atoms with Crippen molar-refractivity contribution in [3.8, 4) is 0 Å². The second kappa shape index (κ2) is 8.45. The second-order valence-corrected chi connectivity index (χ2v) is 6.65. The summed E-state index contributed by atoms with van der Waals surface area (Å²) in [6, 6.07) is 6.04. The van der Waals surface area contributed by atoms with Crippen molar-refractivity contribution >= 4 is 5.82 Å². The molecule has 3 heterocycles. The smallest absolute Gasteiger partial charge is 0.126 e. The number of morpholine rings is 1. The van der Waals surface area contributed by atoms with Crippen LogP contribution < -0.4 is 5.32 Å². The number of rotatable bonds is 7. The van der Waals surface area contributed by atoms with E-state index in [9.17, 15) is 0 Å². The first kappa shape index (κ1) is 17.9. The van der Waals surface area contributed by atoms with Crippen LogP contribution in [0.3, 0.4) is 0 Å². The van der Waals surface area contributed by atoms with E-state index >= 15 is 0 Å². The average Bonchev–Trinajstić information content (AvgIpc) is 2.99. The van der Waals surface area contributed by atoms with Gasteiger partial charge in [0.25, 0.3) is 0 Å². The third kappa shape index (κ3) is 4.58. The fourth-order valence-corrected chi connectivity index (χ4v) is 3.18. The van der Waals surface area contributed by atoms with Gasteiger partial charge in [-0.25, -0.2) is 4.98 Å². The monoisotopic (exact) mass is 343 g/mol. The predicted molar refractivity (Wildman–Crippen MR) is 99.6 cm³/mol. The molecular formula is C19H29N5O. The van der Waals surface area contributed by atoms with E-state index in [0.717, 1.165) is 50.0 Å². The maximum atomic E-state index is 5.97. The van der Waals surface area contributed by atoms with Crippen LogP contribution in [0.15, 0.2) is 24.4 Å². The Hall–Kier alpha value is -1.92. The van der Waals surface area contributed by atoms with Crippen molar-refractivity contribution in [2.45, 2.75) is 45.9 Å². The molecule has 0 aromatic carbocycles. The fraction of sp³-hybridized carbons (Fsp3) is 0.579. The van der Waals surface area contributed by atoms with E-state index in [0.29, 0.717) is 0 Å². The van der Waals surface area contributed by atoms with Gasteiger partial charge in [-0.1, -0.05) is 19.4 Å². The molecule has 1 unspecified atom stereocenters. The Morgan fingerprint density at radius 2 is 2.24 bits per heavy atom. The summed E-state index contributed by atoms with van der Waals surface area (Å²) in [7, 11) is 1.89. The van der Waals surface area contributed by atoms with Crippen LogP contribution in [0.5, 0.6) is 0 Å². The first-order valence-electron chi connectivity index (χ1n) is 9.21. The summed E-state index contributed by atoms with van der Waals surface area (Å²) in [6.07, 6.45) is 4.60. The summed E-state index contributed by atoms with van der Waals surface area (Å²) < 4.78 is 8.05. The van der Waals surface area contributed by atoms with Gasteiger partial charge in [-0.15, -0.1) is 0 Å². The number of hydrogen-bond donors (Lipinski definition) is 1. The summed E-state index contributed by atoms with van der Waals surface area (Å²) >= 11 is 0. The molecule has 1 atom stereocenters. The molecule has 1 aliphatic heterocycles. The Morgan fingerprint density at radius 1 is 1.36 bits per heavy atom. The Labute approximate surface area is 150 Å². The van der Waals surface area contributed by atoms with Gasteiger partial charge >= 0.3 is 0 Å². The van der Waals surface area contributed by atoms with Gasteiger partial charge in [0, 0.05) is 45.0 Å². The second-order valence-electron chi connectivity index (χ2n) is 6.65. The zero-order valence-electron chi connectivity index (χ0n) is 15.5. The van der Waals surface area contributed by atoms with E-state index in [1.807, 2.05) is 25.2 Å². The highest BCUT2D eigenvalue weighted by Crippen LogP contribution is 2.23. The van der Waals surface area contributed by atoms with Crippen LogP contribution in [0.1, 0.15) is 42.8 Å². The number of nitrogens with zero attached hydrogens (tertiary/aromatic N) is 4. The molecule has 2 aromatic rings. The molecule has 1 fully saturated rings. The Bertz CT molecular complexity index is 684. The molecule has 2 aromatic heterocycles. The van der Waals surface area contributed by atoms with Crippen LogP contribution in [-0.4, -0.2) is 46.4 Å². The number of pyridine rings is 1. The quantitative estimate of drug-likeness (QED) is 0.837. The topological polar surface area (TPSA) is 55.2 Å². The number of unbranched alkanes of at least 4 members (excludes halogenated alkanes) is 1. The molecular weight excluding hydrogens is 314 g/mol. The van der Waals surface area contributed by atoms with Gasteiger partial charge in [0.1, 0.15) is 11.9 Å². The lowest BCUT2D eigenvalue weighted by Gasteiger charge is -2.32. The van der Waals surface area contributed by atoms with Gasteiger partial charge in [0.2, 0.25) is 0 Å². The molecule has 1 saturated heterocycles. The Kier molecular flexibility index (Phi) is 6.04. The lowest BCUT2D eigenvalue weighted by Crippen LogP contribution is -2.38. The fourth-order valence-electron chi connectivity index (χ4n) is 3.18. The number of anilines is 1. The van der Waals surface area contributed by atoms with E-state index in [1.54, 1.807) is 0 Å². The van der Waals surface area contributed by atoms with Crippen LogP contribution in [0.25, 0.3) is 0 Å². The molecule has 6 nitrogen and oxygen atoms in total. The average molecular weight is 343 g/mol. The highest BCUT2D eigenvalue weighted by molar-refractivity contribution is 5.34. The first-order chi connectivity index (χ1) is 12.2. The minimum absolute atomic E-state index is 0.0255. The Morgan fingerprint density at radius 3 is 3.04 bits per heavy atom. The highest BCUT2D eigenvalue weighted by Gasteiger charge is 2.24. The van der Waals surface area contributed by atoms with Crippen molar-refractivity contribution in [3.63, 3.8) is 0 Å². The van der Waals surface area contributed by atoms with E-state index in [-0.39, 0.29) is 6.10 Å². The van der Waals surface area contributed by atoms with E-state index in [2.05, 4.69) is 45.0 Å². The predicted octanol–water partition coefficient (Wildman–Crippen LogP) is 3.00. The first-order valence-corrected chi connectivity index (χ1v) is 9.21. The summed E-state index contributed by atoms with van der Waals surface area (Å²) in [5.41, 5.74) is 3.44. The standard InChI is InChI=1S/C19H29N5O/c1-4-5-9-24-13-16(15(2)22-24)12-23-10-11-25-18(14-23)17-7-6-8-19(20-3)21-17/h6-8,13,18H,4-5,9-12,14H2,1-3H3,(H,20,21). The van der Waals surface area contributed by atoms with Gasteiger partial charge in [-0.2, -0.15) is 5.10 Å². The molecule has 1 N–H and O–H groups in total. The highest BCUT2D eigenvalue weighted by atomic mass is 16.5. The van der Waals surface area contributed by atoms with Crippen molar-refractivity contribution in [2.75, 3.05) is 32.1 Å². The SMILES string of the molecule is CCCCn1cc(CN2CCOC(c3cccc(NC)n3)C2)c(C)n1. The Balaban J connectivity index is 1.64. The number of nitrogens with one attached hydrogen (secondary N) is 1. The van der Waals surface area contributed by atoms with E-state index in [4.69, 9.17) is 4.74 Å². The molecule has 1 aliphatic rings. The van der Waals surface area contributed by atoms with Crippen LogP contribution in [-0.2, 0) is 17.8 Å². The molecule has 0 aliphatic carbocycles. The third-order valence-corrected chi connectivity index (χ3v) is 4.69. The zero-order valence-corrected chi connectivity index (χ0v) is 15.5. The lowest BCUT2D eigenvalue weighted by molar-refractivity contribution is -0.0349. The summed E-state index contributed by atoms with van der Waals surface area (Å²) in [6.45, 7) is 8.78. The minimum Gasteiger partial charge on any atom is -0.373 e. The van der Waals surface area contributed by atoms with Crippen molar-refractivity contribution in [2.24, 2.45) is 0 Å². The molecule has 3 rings (SSSR count). The zero-order chi connectivity index (χ0) is 17.6. The third-order valence-electron chi connectivity index (χ3n) is 4.69. The number of aryl methyl sites for hydroxylation is 2. The van der Waals surface area contributed by atoms with Crippen LogP contribution in [0.2, 0.25) is 0 Å². The van der Waals surface area contributed by atoms with Crippen molar-refractivity contribution in [3.05, 3.63) is 41.3 Å². The van der Waals surface area contributed by atoms with E-state index < -0.39 is 0 Å². The van der Waals surface area contributed by atoms with E-state index in [1.165, 1.54) is 18.4 Å². The van der Waals surface area contributed by atoms with Crippen molar-refractivity contribution < 1.29 is 4.74 Å². The van der Waals surface area contributed by atoms with Gasteiger partial charge in [0.05, 0.1) is 18.0 Å². The molecule has 0 bridgehead atoms. The van der Waals surface area contributed by atoms with Crippen molar-refractivity contribution in [1.29, 1.82) is 0 Å². The number of aromatic nitrogens is 3. The van der Waals surface area contributed by atoms with Gasteiger partial charge < -0.3 is 10.1 Å². The molecule has 0 amide bonds. The molecule has 136 valence electrons. The molecule has 6 heteroatoms. The van der Waals surface area contributed by atoms with Crippen LogP contribution in [0.4, 0.5) is 5.82 Å². The maximum Gasteiger partial charge on any atom is 0.126 e. The molecule has 25 heavy (non-hydrogen) atoms. The summed E-state index contributed by atoms with van der Waals surface area (Å²) in [5, 5.41) is 7.74.